The number of carbonyl (C=O) groups excluding carboxylic acids is 1. The van der Waals surface area contributed by atoms with E-state index in [0.717, 1.165) is 10.0 Å². The summed E-state index contributed by atoms with van der Waals surface area (Å²) in [6, 6.07) is 7.62. The van der Waals surface area contributed by atoms with Crippen LogP contribution in [0.25, 0.3) is 11.4 Å². The minimum atomic E-state index is 0.000409. The molecule has 0 radical (unpaired) electrons. The molecule has 0 bridgehead atoms. The first-order valence-electron chi connectivity index (χ1n) is 5.79. The minimum absolute atomic E-state index is 0.000409. The summed E-state index contributed by atoms with van der Waals surface area (Å²) in [6.07, 6.45) is 0. The van der Waals surface area contributed by atoms with Gasteiger partial charge in [-0.2, -0.15) is 0 Å². The molecule has 0 fully saturated rings. The van der Waals surface area contributed by atoms with Crippen LogP contribution >= 0.6 is 27.7 Å². The predicted octanol–water partition coefficient (Wildman–Crippen LogP) is 1.60. The fourth-order valence-corrected chi connectivity index (χ4v) is 2.75. The monoisotopic (exact) mass is 355 g/mol. The summed E-state index contributed by atoms with van der Waals surface area (Å²) in [4.78, 5) is 13.1. The Morgan fingerprint density at radius 2 is 2.10 bits per heavy atom. The number of aromatic nitrogens is 3. The molecule has 1 aromatic carbocycles. The Labute approximate surface area is 129 Å². The molecule has 1 amide bonds. The highest BCUT2D eigenvalue weighted by molar-refractivity contribution is 9.10. The van der Waals surface area contributed by atoms with E-state index in [1.165, 1.54) is 21.3 Å². The van der Waals surface area contributed by atoms with Crippen molar-refractivity contribution in [2.24, 2.45) is 0 Å². The Kier molecular flexibility index (Phi) is 4.66. The average molecular weight is 356 g/mol. The van der Waals surface area contributed by atoms with E-state index >= 15 is 0 Å². The van der Waals surface area contributed by atoms with E-state index < -0.39 is 0 Å². The SMILES string of the molecule is CN(C)C(=O)CSc1nnc(-c2ccccc2Br)n1N. The van der Waals surface area contributed by atoms with Crippen molar-refractivity contribution in [1.82, 2.24) is 19.8 Å². The molecule has 0 unspecified atom stereocenters. The number of carbonyl (C=O) groups is 1. The normalized spacial score (nSPS) is 10.6. The van der Waals surface area contributed by atoms with E-state index in [0.29, 0.717) is 11.0 Å². The van der Waals surface area contributed by atoms with Crippen LogP contribution in [0.2, 0.25) is 0 Å². The van der Waals surface area contributed by atoms with Crippen LogP contribution in [0.1, 0.15) is 0 Å². The molecule has 0 atom stereocenters. The van der Waals surface area contributed by atoms with E-state index in [1.54, 1.807) is 14.1 Å². The van der Waals surface area contributed by atoms with Crippen molar-refractivity contribution < 1.29 is 4.79 Å². The zero-order valence-corrected chi connectivity index (χ0v) is 13.5. The topological polar surface area (TPSA) is 77.0 Å². The third-order valence-electron chi connectivity index (χ3n) is 2.60. The van der Waals surface area contributed by atoms with E-state index in [-0.39, 0.29) is 11.7 Å². The standard InChI is InChI=1S/C12H14BrN5OS/c1-17(2)10(19)7-20-12-16-15-11(18(12)14)8-5-3-4-6-9(8)13/h3-6H,7,14H2,1-2H3. The van der Waals surface area contributed by atoms with Crippen molar-refractivity contribution in [1.29, 1.82) is 0 Å². The van der Waals surface area contributed by atoms with Crippen molar-refractivity contribution in [3.8, 4) is 11.4 Å². The number of thioether (sulfide) groups is 1. The summed E-state index contributed by atoms with van der Waals surface area (Å²) >= 11 is 4.72. The fraction of sp³-hybridized carbons (Fsp3) is 0.250. The fourth-order valence-electron chi connectivity index (χ4n) is 1.46. The van der Waals surface area contributed by atoms with Crippen LogP contribution in [0.4, 0.5) is 0 Å². The second-order valence-corrected chi connectivity index (χ2v) is 6.03. The molecule has 0 aliphatic rings. The van der Waals surface area contributed by atoms with Gasteiger partial charge in [0.2, 0.25) is 11.1 Å². The summed E-state index contributed by atoms with van der Waals surface area (Å²) in [5.74, 6) is 6.82. The molecule has 1 heterocycles. The van der Waals surface area contributed by atoms with Gasteiger partial charge in [-0.1, -0.05) is 39.8 Å². The second-order valence-electron chi connectivity index (χ2n) is 4.23. The molecule has 2 rings (SSSR count). The number of rotatable bonds is 4. The van der Waals surface area contributed by atoms with Crippen LogP contribution < -0.4 is 5.84 Å². The van der Waals surface area contributed by atoms with Crippen molar-refractivity contribution in [3.05, 3.63) is 28.7 Å². The molecule has 0 aliphatic carbocycles. The van der Waals surface area contributed by atoms with Crippen LogP contribution in [0.3, 0.4) is 0 Å². The van der Waals surface area contributed by atoms with E-state index in [1.807, 2.05) is 24.3 Å². The summed E-state index contributed by atoms with van der Waals surface area (Å²) in [7, 11) is 3.42. The van der Waals surface area contributed by atoms with E-state index in [4.69, 9.17) is 5.84 Å². The Morgan fingerprint density at radius 3 is 2.75 bits per heavy atom. The number of amides is 1. The Morgan fingerprint density at radius 1 is 1.40 bits per heavy atom. The van der Waals surface area contributed by atoms with E-state index in [2.05, 4.69) is 26.1 Å². The number of hydrogen-bond acceptors (Lipinski definition) is 5. The maximum atomic E-state index is 11.6. The Bertz CT molecular complexity index is 628. The third kappa shape index (κ3) is 3.13. The van der Waals surface area contributed by atoms with Gasteiger partial charge in [0.25, 0.3) is 0 Å². The predicted molar refractivity (Wildman–Crippen MR) is 82.7 cm³/mol. The van der Waals surface area contributed by atoms with Crippen LogP contribution in [0.5, 0.6) is 0 Å². The molecule has 1 aromatic heterocycles. The van der Waals surface area contributed by atoms with Crippen LogP contribution in [0, 0.1) is 0 Å². The highest BCUT2D eigenvalue weighted by atomic mass is 79.9. The molecule has 2 aromatic rings. The van der Waals surface area contributed by atoms with Crippen LogP contribution in [-0.2, 0) is 4.79 Å². The lowest BCUT2D eigenvalue weighted by molar-refractivity contribution is -0.125. The van der Waals surface area contributed by atoms with Gasteiger partial charge in [-0.05, 0) is 12.1 Å². The number of nitrogens with two attached hydrogens (primary N) is 1. The molecule has 20 heavy (non-hydrogen) atoms. The van der Waals surface area contributed by atoms with Gasteiger partial charge < -0.3 is 10.7 Å². The number of nitrogens with zero attached hydrogens (tertiary/aromatic N) is 4. The number of nitrogen functional groups attached to an aromatic ring is 1. The molecule has 0 spiro atoms. The zero-order valence-electron chi connectivity index (χ0n) is 11.1. The van der Waals surface area contributed by atoms with Crippen LogP contribution in [0.15, 0.2) is 33.9 Å². The highest BCUT2D eigenvalue weighted by Crippen LogP contribution is 2.27. The second kappa shape index (κ2) is 6.27. The van der Waals surface area contributed by atoms with Gasteiger partial charge in [0.05, 0.1) is 5.75 Å². The molecular weight excluding hydrogens is 342 g/mol. The molecular formula is C12H14BrN5OS. The van der Waals surface area contributed by atoms with Gasteiger partial charge >= 0.3 is 0 Å². The number of benzene rings is 1. The minimum Gasteiger partial charge on any atom is -0.348 e. The molecule has 6 nitrogen and oxygen atoms in total. The summed E-state index contributed by atoms with van der Waals surface area (Å²) < 4.78 is 2.29. The lowest BCUT2D eigenvalue weighted by Crippen LogP contribution is -2.24. The van der Waals surface area contributed by atoms with Crippen molar-refractivity contribution in [2.75, 3.05) is 25.7 Å². The van der Waals surface area contributed by atoms with Gasteiger partial charge in [-0.3, -0.25) is 4.79 Å². The number of halogens is 1. The molecule has 2 N–H and O–H groups in total. The number of hydrogen-bond donors (Lipinski definition) is 1. The van der Waals surface area contributed by atoms with Crippen LogP contribution in [-0.4, -0.2) is 45.5 Å². The summed E-state index contributed by atoms with van der Waals surface area (Å²) in [5, 5.41) is 8.61. The highest BCUT2D eigenvalue weighted by Gasteiger charge is 2.15. The first kappa shape index (κ1) is 14.9. The molecule has 0 saturated heterocycles. The average Bonchev–Trinajstić information content (AvgIpc) is 2.78. The smallest absolute Gasteiger partial charge is 0.232 e. The van der Waals surface area contributed by atoms with Crippen molar-refractivity contribution in [2.45, 2.75) is 5.16 Å². The molecule has 0 saturated carbocycles. The maximum absolute atomic E-state index is 11.6. The van der Waals surface area contributed by atoms with Gasteiger partial charge in [0, 0.05) is 24.1 Å². The van der Waals surface area contributed by atoms with Gasteiger partial charge in [-0.15, -0.1) is 10.2 Å². The zero-order chi connectivity index (χ0) is 14.7. The van der Waals surface area contributed by atoms with Crippen molar-refractivity contribution in [3.63, 3.8) is 0 Å². The van der Waals surface area contributed by atoms with E-state index in [9.17, 15) is 4.79 Å². The summed E-state index contributed by atoms with van der Waals surface area (Å²) in [5.41, 5.74) is 0.855. The first-order chi connectivity index (χ1) is 9.50. The van der Waals surface area contributed by atoms with Gasteiger partial charge in [0.1, 0.15) is 0 Å². The third-order valence-corrected chi connectivity index (χ3v) is 4.22. The van der Waals surface area contributed by atoms with Gasteiger partial charge in [0.15, 0.2) is 5.82 Å². The molecule has 0 aliphatic heterocycles. The lowest BCUT2D eigenvalue weighted by atomic mass is 10.2. The lowest BCUT2D eigenvalue weighted by Gasteiger charge is -2.09. The van der Waals surface area contributed by atoms with Gasteiger partial charge in [-0.25, -0.2) is 4.68 Å². The Hall–Kier alpha value is -1.54. The molecule has 8 heteroatoms. The maximum Gasteiger partial charge on any atom is 0.232 e. The first-order valence-corrected chi connectivity index (χ1v) is 7.57. The Balaban J connectivity index is 2.20. The summed E-state index contributed by atoms with van der Waals surface area (Å²) in [6.45, 7) is 0. The van der Waals surface area contributed by atoms with Crippen molar-refractivity contribution >= 4 is 33.6 Å². The quantitative estimate of drug-likeness (QED) is 0.665. The largest absolute Gasteiger partial charge is 0.348 e. The molecule has 106 valence electrons.